The molecular formula is C14H11ClN4O. The van der Waals surface area contributed by atoms with Gasteiger partial charge in [0.2, 0.25) is 5.91 Å². The van der Waals surface area contributed by atoms with Gasteiger partial charge in [0.1, 0.15) is 5.82 Å². The van der Waals surface area contributed by atoms with Crippen LogP contribution in [0.2, 0.25) is 5.02 Å². The van der Waals surface area contributed by atoms with Gasteiger partial charge in [0.15, 0.2) is 0 Å². The Bertz CT molecular complexity index is 727. The molecule has 1 N–H and O–H groups in total. The van der Waals surface area contributed by atoms with Gasteiger partial charge in [0, 0.05) is 10.6 Å². The van der Waals surface area contributed by atoms with Crippen LogP contribution in [0.1, 0.15) is 17.9 Å². The third kappa shape index (κ3) is 2.40. The van der Waals surface area contributed by atoms with Crippen LogP contribution in [0.4, 0.5) is 0 Å². The Balaban J connectivity index is 2.08. The van der Waals surface area contributed by atoms with E-state index < -0.39 is 0 Å². The average molecular weight is 287 g/mol. The molecule has 1 amide bonds. The SMILES string of the molecule is Cc1nc(C2=NNC(=O)C2)cc(-c2ccccc2Cl)n1. The van der Waals surface area contributed by atoms with Crippen molar-refractivity contribution in [2.24, 2.45) is 5.10 Å². The monoisotopic (exact) mass is 286 g/mol. The number of halogens is 1. The highest BCUT2D eigenvalue weighted by Crippen LogP contribution is 2.26. The first-order valence-corrected chi connectivity index (χ1v) is 6.47. The number of carbonyl (C=O) groups is 1. The smallest absolute Gasteiger partial charge is 0.246 e. The minimum absolute atomic E-state index is 0.129. The van der Waals surface area contributed by atoms with Crippen molar-refractivity contribution < 1.29 is 4.79 Å². The summed E-state index contributed by atoms with van der Waals surface area (Å²) in [6.07, 6.45) is 0.235. The highest BCUT2D eigenvalue weighted by atomic mass is 35.5. The fraction of sp³-hybridized carbons (Fsp3) is 0.143. The summed E-state index contributed by atoms with van der Waals surface area (Å²) in [5, 5.41) is 4.60. The van der Waals surface area contributed by atoms with Crippen molar-refractivity contribution in [2.75, 3.05) is 0 Å². The molecule has 1 aliphatic rings. The number of rotatable bonds is 2. The van der Waals surface area contributed by atoms with Crippen LogP contribution in [0.25, 0.3) is 11.3 Å². The zero-order chi connectivity index (χ0) is 14.1. The molecule has 1 aliphatic heterocycles. The van der Waals surface area contributed by atoms with Crippen LogP contribution in [0.3, 0.4) is 0 Å². The van der Waals surface area contributed by atoms with Gasteiger partial charge in [-0.25, -0.2) is 15.4 Å². The zero-order valence-electron chi connectivity index (χ0n) is 10.7. The third-order valence-electron chi connectivity index (χ3n) is 2.93. The summed E-state index contributed by atoms with van der Waals surface area (Å²) in [6, 6.07) is 9.27. The maximum atomic E-state index is 11.2. The van der Waals surface area contributed by atoms with E-state index in [0.29, 0.717) is 22.3 Å². The molecule has 0 aliphatic carbocycles. The fourth-order valence-corrected chi connectivity index (χ4v) is 2.26. The molecule has 100 valence electrons. The lowest BCUT2D eigenvalue weighted by Gasteiger charge is -2.07. The van der Waals surface area contributed by atoms with E-state index in [1.165, 1.54) is 0 Å². The van der Waals surface area contributed by atoms with Crippen molar-refractivity contribution in [3.8, 4) is 11.3 Å². The van der Waals surface area contributed by atoms with Gasteiger partial charge < -0.3 is 0 Å². The van der Waals surface area contributed by atoms with Crippen molar-refractivity contribution in [3.63, 3.8) is 0 Å². The van der Waals surface area contributed by atoms with Crippen molar-refractivity contribution in [1.82, 2.24) is 15.4 Å². The number of hydrogen-bond acceptors (Lipinski definition) is 4. The number of nitrogens with one attached hydrogen (secondary N) is 1. The lowest BCUT2D eigenvalue weighted by atomic mass is 10.1. The number of aryl methyl sites for hydroxylation is 1. The Morgan fingerprint density at radius 1 is 1.20 bits per heavy atom. The van der Waals surface area contributed by atoms with Gasteiger partial charge in [0.25, 0.3) is 0 Å². The normalized spacial score (nSPS) is 14.1. The summed E-state index contributed by atoms with van der Waals surface area (Å²) in [7, 11) is 0. The molecule has 2 heterocycles. The highest BCUT2D eigenvalue weighted by Gasteiger charge is 2.19. The molecule has 5 nitrogen and oxygen atoms in total. The molecule has 0 atom stereocenters. The molecule has 0 fully saturated rings. The van der Waals surface area contributed by atoms with Gasteiger partial charge in [-0.15, -0.1) is 0 Å². The second-order valence-electron chi connectivity index (χ2n) is 4.44. The molecule has 0 spiro atoms. The van der Waals surface area contributed by atoms with Crippen LogP contribution in [0.15, 0.2) is 35.4 Å². The number of nitrogens with zero attached hydrogens (tertiary/aromatic N) is 3. The number of benzene rings is 1. The lowest BCUT2D eigenvalue weighted by Crippen LogP contribution is -2.10. The van der Waals surface area contributed by atoms with Gasteiger partial charge in [-0.1, -0.05) is 29.8 Å². The number of hydrogen-bond donors (Lipinski definition) is 1. The summed E-state index contributed by atoms with van der Waals surface area (Å²) in [5.41, 5.74) is 5.24. The summed E-state index contributed by atoms with van der Waals surface area (Å²) in [6.45, 7) is 1.80. The van der Waals surface area contributed by atoms with Gasteiger partial charge >= 0.3 is 0 Å². The van der Waals surface area contributed by atoms with Crippen LogP contribution >= 0.6 is 11.6 Å². The molecule has 1 aromatic carbocycles. The van der Waals surface area contributed by atoms with E-state index in [1.807, 2.05) is 24.3 Å². The van der Waals surface area contributed by atoms with Crippen LogP contribution in [0, 0.1) is 6.92 Å². The second-order valence-corrected chi connectivity index (χ2v) is 4.84. The second kappa shape index (κ2) is 5.02. The van der Waals surface area contributed by atoms with E-state index in [-0.39, 0.29) is 12.3 Å². The maximum absolute atomic E-state index is 11.2. The standard InChI is InChI=1S/C14H11ClN4O/c1-8-16-11(9-4-2-3-5-10(9)15)6-12(17-8)13-7-14(20)19-18-13/h2-6H,7H2,1H3,(H,19,20). The Hall–Kier alpha value is -2.27. The zero-order valence-corrected chi connectivity index (χ0v) is 11.5. The topological polar surface area (TPSA) is 67.2 Å². The molecular weight excluding hydrogens is 276 g/mol. The fourth-order valence-electron chi connectivity index (χ4n) is 2.03. The molecule has 6 heteroatoms. The number of carbonyl (C=O) groups excluding carboxylic acids is 1. The van der Waals surface area contributed by atoms with E-state index in [4.69, 9.17) is 11.6 Å². The van der Waals surface area contributed by atoms with Gasteiger partial charge in [-0.05, 0) is 19.1 Å². The molecule has 20 heavy (non-hydrogen) atoms. The Morgan fingerprint density at radius 3 is 2.65 bits per heavy atom. The Kier molecular flexibility index (Phi) is 3.20. The molecule has 2 aromatic rings. The first-order chi connectivity index (χ1) is 9.63. The molecule has 3 rings (SSSR count). The van der Waals surface area contributed by atoms with E-state index >= 15 is 0 Å². The van der Waals surface area contributed by atoms with E-state index in [2.05, 4.69) is 20.5 Å². The van der Waals surface area contributed by atoms with Crippen molar-refractivity contribution in [1.29, 1.82) is 0 Å². The van der Waals surface area contributed by atoms with E-state index in [1.54, 1.807) is 13.0 Å². The van der Waals surface area contributed by atoms with Crippen LogP contribution in [0.5, 0.6) is 0 Å². The van der Waals surface area contributed by atoms with E-state index in [9.17, 15) is 4.79 Å². The van der Waals surface area contributed by atoms with Crippen LogP contribution in [-0.4, -0.2) is 21.6 Å². The average Bonchev–Trinajstić information content (AvgIpc) is 2.85. The molecule has 1 aromatic heterocycles. The first kappa shape index (κ1) is 12.7. The number of hydrazone groups is 1. The summed E-state index contributed by atoms with van der Waals surface area (Å²) in [5.74, 6) is 0.482. The molecule has 0 saturated carbocycles. The van der Waals surface area contributed by atoms with E-state index in [0.717, 1.165) is 11.3 Å². The predicted molar refractivity (Wildman–Crippen MR) is 76.5 cm³/mol. The van der Waals surface area contributed by atoms with Crippen LogP contribution in [-0.2, 0) is 4.79 Å². The predicted octanol–water partition coefficient (Wildman–Crippen LogP) is 2.33. The van der Waals surface area contributed by atoms with Crippen molar-refractivity contribution >= 4 is 23.2 Å². The quantitative estimate of drug-likeness (QED) is 0.921. The largest absolute Gasteiger partial charge is 0.273 e. The highest BCUT2D eigenvalue weighted by molar-refractivity contribution is 6.33. The minimum atomic E-state index is -0.129. The summed E-state index contributed by atoms with van der Waals surface area (Å²) >= 11 is 6.19. The summed E-state index contributed by atoms with van der Waals surface area (Å²) < 4.78 is 0. The van der Waals surface area contributed by atoms with Crippen LogP contribution < -0.4 is 5.43 Å². The van der Waals surface area contributed by atoms with Gasteiger partial charge in [0.05, 0.1) is 23.5 Å². The third-order valence-corrected chi connectivity index (χ3v) is 3.26. The summed E-state index contributed by atoms with van der Waals surface area (Å²) in [4.78, 5) is 20.0. The molecule has 0 bridgehead atoms. The maximum Gasteiger partial charge on any atom is 0.246 e. The van der Waals surface area contributed by atoms with Crippen molar-refractivity contribution in [2.45, 2.75) is 13.3 Å². The minimum Gasteiger partial charge on any atom is -0.273 e. The Morgan fingerprint density at radius 2 is 1.95 bits per heavy atom. The molecule has 0 radical (unpaired) electrons. The molecule has 0 saturated heterocycles. The number of amides is 1. The first-order valence-electron chi connectivity index (χ1n) is 6.10. The molecule has 0 unspecified atom stereocenters. The lowest BCUT2D eigenvalue weighted by molar-refractivity contribution is -0.119. The van der Waals surface area contributed by atoms with Gasteiger partial charge in [-0.3, -0.25) is 4.79 Å². The van der Waals surface area contributed by atoms with Gasteiger partial charge in [-0.2, -0.15) is 5.10 Å². The Labute approximate surface area is 120 Å². The number of aromatic nitrogens is 2. The van der Waals surface area contributed by atoms with Crippen molar-refractivity contribution in [3.05, 3.63) is 46.9 Å².